The maximum Gasteiger partial charge on any atom is 0 e. The minimum atomic E-state index is 0. The van der Waals surface area contributed by atoms with Gasteiger partial charge < -0.3 is 32.9 Å². The molecule has 0 fully saturated rings. The molecule has 0 aromatic heterocycles. The Bertz CT molecular complexity index is 13.0. The van der Waals surface area contributed by atoms with Crippen LogP contribution >= 0.6 is 12.4 Å². The van der Waals surface area contributed by atoms with Gasteiger partial charge in [0.15, 0.2) is 0 Å². The molecule has 0 atom stereocenters. The van der Waals surface area contributed by atoms with Crippen molar-refractivity contribution < 1.29 is 49.9 Å². The van der Waals surface area contributed by atoms with Crippen molar-refractivity contribution in [3.63, 3.8) is 0 Å². The van der Waals surface area contributed by atoms with Gasteiger partial charge in [0.1, 0.15) is 0 Å². The normalized spacial score (nSPS) is 0. The van der Waals surface area contributed by atoms with Gasteiger partial charge in [0.05, 0.1) is 0 Å². The molecule has 0 aromatic rings. The molecular formula is H16BiClFeO6. The molecule has 0 bridgehead atoms. The standard InChI is InChI=1S/Bi.ClH.Fe.6H2O.3H/h;1H;;6*1H2;;;. The first-order valence-corrected chi connectivity index (χ1v) is 0. The molecule has 0 amide bonds. The van der Waals surface area contributed by atoms with Gasteiger partial charge in [-0.2, -0.15) is 0 Å². The van der Waals surface area contributed by atoms with E-state index >= 15 is 0 Å². The van der Waals surface area contributed by atoms with E-state index < -0.39 is 0 Å². The van der Waals surface area contributed by atoms with Crippen LogP contribution in [0.4, 0.5) is 0 Å². The SMILES string of the molecule is Cl.O.O.O.O.O.O.[BiH3].[Fe]. The summed E-state index contributed by atoms with van der Waals surface area (Å²) in [4.78, 5) is 0. The second-order valence-corrected chi connectivity index (χ2v) is 0. The summed E-state index contributed by atoms with van der Waals surface area (Å²) in [6, 6.07) is 0. The third-order valence-corrected chi connectivity index (χ3v) is 0. The minimum Gasteiger partial charge on any atom is 0 e. The Morgan fingerprint density at radius 3 is 0.444 bits per heavy atom. The largest absolute Gasteiger partial charge is 0 e. The van der Waals surface area contributed by atoms with E-state index in [1.807, 2.05) is 0 Å². The second kappa shape index (κ2) is 320. The third-order valence-electron chi connectivity index (χ3n) is 0. The summed E-state index contributed by atoms with van der Waals surface area (Å²) in [7, 11) is 0. The molecule has 12 N–H and O–H groups in total. The average Bonchev–Trinajstić information content (AvgIpc) is 0. The van der Waals surface area contributed by atoms with Crippen molar-refractivity contribution in [2.75, 3.05) is 0 Å². The first kappa shape index (κ1) is 443. The molecule has 0 aliphatic heterocycles. The minimum absolute atomic E-state index is 0. The fourth-order valence-electron chi connectivity index (χ4n) is 0. The van der Waals surface area contributed by atoms with Gasteiger partial charge >= 0.3 is 26.2 Å². The molecule has 0 rings (SSSR count). The second-order valence-electron chi connectivity index (χ2n) is 0. The number of hydrogen-bond donors (Lipinski definition) is 0. The zero-order valence-corrected chi connectivity index (χ0v) is 11.9. The zero-order valence-electron chi connectivity index (χ0n) is 4.47. The van der Waals surface area contributed by atoms with E-state index in [-0.39, 0.29) is 88.5 Å². The maximum atomic E-state index is 0. The molecule has 6 nitrogen and oxygen atoms in total. The van der Waals surface area contributed by atoms with Crippen LogP contribution in [0.3, 0.4) is 0 Å². The summed E-state index contributed by atoms with van der Waals surface area (Å²) in [5.74, 6) is 0. The Hall–Kier alpha value is 1.45. The summed E-state index contributed by atoms with van der Waals surface area (Å²) in [6.45, 7) is 0. The molecule has 0 radical (unpaired) electrons. The van der Waals surface area contributed by atoms with Gasteiger partial charge in [-0.1, -0.05) is 0 Å². The average molecular weight is 412 g/mol. The van der Waals surface area contributed by atoms with Gasteiger partial charge in [0.25, 0.3) is 0 Å². The van der Waals surface area contributed by atoms with Gasteiger partial charge in [-0.3, -0.25) is 0 Å². The monoisotopic (exact) mass is 412 g/mol. The van der Waals surface area contributed by atoms with Crippen LogP contribution < -0.4 is 0 Å². The predicted octanol–water partition coefficient (Wildman–Crippen LogP) is -5.71. The van der Waals surface area contributed by atoms with Gasteiger partial charge in [-0.15, -0.1) is 12.4 Å². The van der Waals surface area contributed by atoms with Crippen molar-refractivity contribution in [3.8, 4) is 0 Å². The molecule has 0 spiro atoms. The summed E-state index contributed by atoms with van der Waals surface area (Å²) >= 11 is 0. The summed E-state index contributed by atoms with van der Waals surface area (Å²) in [5.41, 5.74) is 0. The summed E-state index contributed by atoms with van der Waals surface area (Å²) in [6.07, 6.45) is 0. The number of hydrogen-bond acceptors (Lipinski definition) is 0. The van der Waals surface area contributed by atoms with Crippen LogP contribution in [0, 0.1) is 0 Å². The zero-order chi connectivity index (χ0) is 0. The number of halogens is 1. The van der Waals surface area contributed by atoms with Crippen LogP contribution in [0.1, 0.15) is 0 Å². The van der Waals surface area contributed by atoms with E-state index in [4.69, 9.17) is 0 Å². The van der Waals surface area contributed by atoms with Crippen molar-refractivity contribution >= 4 is 38.6 Å². The molecular weight excluding hydrogens is 396 g/mol. The molecule has 0 unspecified atom stereocenters. The predicted molar refractivity (Wildman–Crippen MR) is 38.9 cm³/mol. The van der Waals surface area contributed by atoms with E-state index in [0.717, 1.165) is 0 Å². The topological polar surface area (TPSA) is 189 Å². The van der Waals surface area contributed by atoms with Crippen molar-refractivity contribution in [1.29, 1.82) is 0 Å². The van der Waals surface area contributed by atoms with E-state index in [9.17, 15) is 0 Å². The van der Waals surface area contributed by atoms with Gasteiger partial charge in [-0.05, 0) is 0 Å². The molecule has 9 heteroatoms. The molecule has 0 aliphatic carbocycles. The Kier molecular flexibility index (Phi) is 15700. The molecule has 72 valence electrons. The fourth-order valence-corrected chi connectivity index (χ4v) is 0. The number of rotatable bonds is 0. The van der Waals surface area contributed by atoms with E-state index in [1.54, 1.807) is 0 Å². The molecule has 0 saturated carbocycles. The molecule has 0 saturated heterocycles. The summed E-state index contributed by atoms with van der Waals surface area (Å²) < 4.78 is 0. The third kappa shape index (κ3) is 249. The van der Waals surface area contributed by atoms with Crippen molar-refractivity contribution in [2.45, 2.75) is 0 Å². The fraction of sp³-hybridized carbons (Fsp3) is 0. The van der Waals surface area contributed by atoms with Crippen LogP contribution in [0.25, 0.3) is 0 Å². The molecule has 0 aromatic carbocycles. The Morgan fingerprint density at radius 1 is 0.444 bits per heavy atom. The van der Waals surface area contributed by atoms with Crippen molar-refractivity contribution in [3.05, 3.63) is 0 Å². The van der Waals surface area contributed by atoms with Crippen LogP contribution in [0.15, 0.2) is 0 Å². The van der Waals surface area contributed by atoms with Crippen LogP contribution in [0.5, 0.6) is 0 Å². The Balaban J connectivity index is 0. The quantitative estimate of drug-likeness (QED) is 0.343. The first-order valence-electron chi connectivity index (χ1n) is 0. The molecule has 0 heterocycles. The van der Waals surface area contributed by atoms with E-state index in [0.29, 0.717) is 0 Å². The Labute approximate surface area is 88.2 Å². The summed E-state index contributed by atoms with van der Waals surface area (Å²) in [5, 5.41) is 0. The van der Waals surface area contributed by atoms with Crippen LogP contribution in [-0.4, -0.2) is 59.1 Å². The smallest absolute Gasteiger partial charge is 0 e. The van der Waals surface area contributed by atoms with Gasteiger partial charge in [0, 0.05) is 17.1 Å². The van der Waals surface area contributed by atoms with Crippen LogP contribution in [-0.2, 0) is 17.1 Å². The first-order chi connectivity index (χ1) is 0. The van der Waals surface area contributed by atoms with Gasteiger partial charge in [-0.25, -0.2) is 0 Å². The molecule has 0 aliphatic rings. The molecule has 9 heavy (non-hydrogen) atoms. The van der Waals surface area contributed by atoms with E-state index in [1.165, 1.54) is 0 Å². The van der Waals surface area contributed by atoms with E-state index in [2.05, 4.69) is 0 Å². The van der Waals surface area contributed by atoms with Crippen molar-refractivity contribution in [2.24, 2.45) is 0 Å². The van der Waals surface area contributed by atoms with Crippen molar-refractivity contribution in [1.82, 2.24) is 0 Å². The maximum absolute atomic E-state index is 0. The van der Waals surface area contributed by atoms with Crippen LogP contribution in [0.2, 0.25) is 0 Å². The van der Waals surface area contributed by atoms with Gasteiger partial charge in [0.2, 0.25) is 0 Å². The Morgan fingerprint density at radius 2 is 0.444 bits per heavy atom.